The van der Waals surface area contributed by atoms with Gasteiger partial charge in [-0.2, -0.15) is 4.98 Å². The molecule has 1 aromatic heterocycles. The Hall–Kier alpha value is -3.03. The summed E-state index contributed by atoms with van der Waals surface area (Å²) in [6.07, 6.45) is 1.45. The molecule has 1 atom stereocenters. The average molecular weight is 420 g/mol. The fourth-order valence-electron chi connectivity index (χ4n) is 2.43. The molecule has 144 valence electrons. The molecule has 0 spiro atoms. The van der Waals surface area contributed by atoms with Gasteiger partial charge in [0.25, 0.3) is 11.9 Å². The molecule has 0 aliphatic heterocycles. The number of nitrogens with one attached hydrogen (secondary N) is 2. The van der Waals surface area contributed by atoms with Crippen molar-refractivity contribution in [1.82, 2.24) is 10.3 Å². The van der Waals surface area contributed by atoms with Crippen LogP contribution >= 0.6 is 23.2 Å². The van der Waals surface area contributed by atoms with E-state index in [1.54, 1.807) is 6.07 Å². The van der Waals surface area contributed by atoms with Gasteiger partial charge < -0.3 is 20.2 Å². The topological polar surface area (TPSA) is 104 Å². The van der Waals surface area contributed by atoms with Crippen LogP contribution in [0.1, 0.15) is 10.4 Å². The number of aliphatic carboxylic acids is 1. The lowest BCUT2D eigenvalue weighted by atomic mass is 10.2. The summed E-state index contributed by atoms with van der Waals surface area (Å²) >= 11 is 12.0. The number of halogens is 2. The van der Waals surface area contributed by atoms with E-state index in [4.69, 9.17) is 27.6 Å². The van der Waals surface area contributed by atoms with E-state index in [9.17, 15) is 14.7 Å². The standard InChI is InChI=1S/C19H15Cl2N3O4/c20-12-7-4-8-13(21)16(12)17(25)23-14(18(26)27)9-22-19-24-15(10-28-19)11-5-2-1-3-6-11/h1-8,10,14H,9H2,(H,22,24)(H,23,25)(H,26,27)/t14-/m0/s1. The number of benzene rings is 2. The molecule has 0 fully saturated rings. The van der Waals surface area contributed by atoms with Crippen molar-refractivity contribution < 1.29 is 19.1 Å². The van der Waals surface area contributed by atoms with Gasteiger partial charge in [0.15, 0.2) is 0 Å². The van der Waals surface area contributed by atoms with E-state index in [1.807, 2.05) is 30.3 Å². The second-order valence-electron chi connectivity index (χ2n) is 5.75. The molecule has 0 saturated heterocycles. The maximum atomic E-state index is 12.4. The van der Waals surface area contributed by atoms with Crippen molar-refractivity contribution in [3.05, 3.63) is 70.4 Å². The Balaban J connectivity index is 1.67. The lowest BCUT2D eigenvalue weighted by Crippen LogP contribution is -2.45. The van der Waals surface area contributed by atoms with E-state index in [2.05, 4.69) is 15.6 Å². The lowest BCUT2D eigenvalue weighted by molar-refractivity contribution is -0.138. The Morgan fingerprint density at radius 1 is 1.07 bits per heavy atom. The smallest absolute Gasteiger partial charge is 0.328 e. The molecular formula is C19H15Cl2N3O4. The summed E-state index contributed by atoms with van der Waals surface area (Å²) in [5, 5.41) is 14.8. The summed E-state index contributed by atoms with van der Waals surface area (Å²) in [7, 11) is 0. The number of hydrogen-bond donors (Lipinski definition) is 3. The summed E-state index contributed by atoms with van der Waals surface area (Å²) in [6, 6.07) is 12.8. The van der Waals surface area contributed by atoms with E-state index < -0.39 is 17.9 Å². The zero-order valence-electron chi connectivity index (χ0n) is 14.4. The van der Waals surface area contributed by atoms with E-state index in [-0.39, 0.29) is 28.2 Å². The maximum Gasteiger partial charge on any atom is 0.328 e. The zero-order chi connectivity index (χ0) is 20.1. The van der Waals surface area contributed by atoms with Crippen LogP contribution in [0.4, 0.5) is 6.01 Å². The normalized spacial score (nSPS) is 11.6. The number of nitrogens with zero attached hydrogens (tertiary/aromatic N) is 1. The van der Waals surface area contributed by atoms with Crippen LogP contribution in [0.2, 0.25) is 10.0 Å². The first-order valence-corrected chi connectivity index (χ1v) is 8.94. The Labute approximate surface area is 170 Å². The zero-order valence-corrected chi connectivity index (χ0v) is 15.9. The molecule has 0 aliphatic carbocycles. The third-order valence-electron chi connectivity index (χ3n) is 3.82. The van der Waals surface area contributed by atoms with Gasteiger partial charge in [-0.1, -0.05) is 59.6 Å². The van der Waals surface area contributed by atoms with E-state index in [1.165, 1.54) is 18.4 Å². The molecule has 2 aromatic carbocycles. The van der Waals surface area contributed by atoms with Gasteiger partial charge in [0, 0.05) is 5.56 Å². The number of carbonyl (C=O) groups is 2. The number of aromatic nitrogens is 1. The SMILES string of the molecule is O=C(N[C@@H](CNc1nc(-c2ccccc2)co1)C(=O)O)c1c(Cl)cccc1Cl. The number of carbonyl (C=O) groups excluding carboxylic acids is 1. The number of hydrogen-bond acceptors (Lipinski definition) is 5. The lowest BCUT2D eigenvalue weighted by Gasteiger charge is -2.15. The van der Waals surface area contributed by atoms with Crippen molar-refractivity contribution in [2.24, 2.45) is 0 Å². The Morgan fingerprint density at radius 3 is 2.39 bits per heavy atom. The van der Waals surface area contributed by atoms with Crippen LogP contribution in [-0.2, 0) is 4.79 Å². The molecule has 0 saturated carbocycles. The van der Waals surface area contributed by atoms with Crippen molar-refractivity contribution in [3.63, 3.8) is 0 Å². The highest BCUT2D eigenvalue weighted by atomic mass is 35.5. The Kier molecular flexibility index (Phi) is 6.18. The van der Waals surface area contributed by atoms with E-state index in [0.717, 1.165) is 5.56 Å². The highest BCUT2D eigenvalue weighted by Gasteiger charge is 2.24. The number of oxazole rings is 1. The maximum absolute atomic E-state index is 12.4. The predicted molar refractivity (Wildman–Crippen MR) is 106 cm³/mol. The molecule has 7 nitrogen and oxygen atoms in total. The minimum atomic E-state index is -1.26. The second kappa shape index (κ2) is 8.77. The van der Waals surface area contributed by atoms with Gasteiger partial charge in [-0.25, -0.2) is 4.79 Å². The quantitative estimate of drug-likeness (QED) is 0.535. The second-order valence-corrected chi connectivity index (χ2v) is 6.56. The van der Waals surface area contributed by atoms with Crippen molar-refractivity contribution in [1.29, 1.82) is 0 Å². The summed E-state index contributed by atoms with van der Waals surface area (Å²) in [5.41, 5.74) is 1.47. The first kappa shape index (κ1) is 19.7. The molecule has 9 heteroatoms. The number of rotatable bonds is 7. The van der Waals surface area contributed by atoms with Crippen LogP contribution in [-0.4, -0.2) is 34.6 Å². The van der Waals surface area contributed by atoms with Crippen LogP contribution in [0.3, 0.4) is 0 Å². The number of carboxylic acids is 1. The minimum Gasteiger partial charge on any atom is -0.480 e. The van der Waals surface area contributed by atoms with E-state index in [0.29, 0.717) is 5.69 Å². The summed E-state index contributed by atoms with van der Waals surface area (Å²) in [6.45, 7) is -0.155. The Morgan fingerprint density at radius 2 is 1.75 bits per heavy atom. The molecule has 3 aromatic rings. The van der Waals surface area contributed by atoms with Gasteiger partial charge in [0.1, 0.15) is 18.0 Å². The fourth-order valence-corrected chi connectivity index (χ4v) is 3.00. The van der Waals surface area contributed by atoms with Crippen molar-refractivity contribution in [3.8, 4) is 11.3 Å². The van der Waals surface area contributed by atoms with Crippen LogP contribution in [0.25, 0.3) is 11.3 Å². The minimum absolute atomic E-state index is 0.0135. The molecule has 1 heterocycles. The third-order valence-corrected chi connectivity index (χ3v) is 4.45. The monoisotopic (exact) mass is 419 g/mol. The molecule has 0 radical (unpaired) electrons. The predicted octanol–water partition coefficient (Wildman–Crippen LogP) is 3.94. The van der Waals surface area contributed by atoms with Crippen LogP contribution in [0.15, 0.2) is 59.2 Å². The molecule has 0 bridgehead atoms. The number of anilines is 1. The highest BCUT2D eigenvalue weighted by Crippen LogP contribution is 2.24. The van der Waals surface area contributed by atoms with Crippen molar-refractivity contribution in [2.45, 2.75) is 6.04 Å². The summed E-state index contributed by atoms with van der Waals surface area (Å²) in [4.78, 5) is 28.2. The Bertz CT molecular complexity index is 972. The molecule has 0 aliphatic rings. The molecule has 1 amide bonds. The van der Waals surface area contributed by atoms with Gasteiger partial charge in [-0.05, 0) is 12.1 Å². The van der Waals surface area contributed by atoms with Crippen LogP contribution in [0, 0.1) is 0 Å². The van der Waals surface area contributed by atoms with Crippen LogP contribution < -0.4 is 10.6 Å². The molecular weight excluding hydrogens is 405 g/mol. The van der Waals surface area contributed by atoms with Gasteiger partial charge >= 0.3 is 5.97 Å². The largest absolute Gasteiger partial charge is 0.480 e. The van der Waals surface area contributed by atoms with Gasteiger partial charge in [0.2, 0.25) is 0 Å². The van der Waals surface area contributed by atoms with Gasteiger partial charge in [-0.15, -0.1) is 0 Å². The van der Waals surface area contributed by atoms with Crippen LogP contribution in [0.5, 0.6) is 0 Å². The summed E-state index contributed by atoms with van der Waals surface area (Å²) < 4.78 is 5.31. The molecule has 3 rings (SSSR count). The summed E-state index contributed by atoms with van der Waals surface area (Å²) in [5.74, 6) is -1.93. The number of carboxylic acid groups (broad SMARTS) is 1. The number of amides is 1. The fraction of sp³-hybridized carbons (Fsp3) is 0.105. The molecule has 3 N–H and O–H groups in total. The first-order chi connectivity index (χ1) is 13.5. The van der Waals surface area contributed by atoms with E-state index >= 15 is 0 Å². The van der Waals surface area contributed by atoms with Gasteiger partial charge in [-0.3, -0.25) is 4.79 Å². The van der Waals surface area contributed by atoms with Crippen molar-refractivity contribution >= 4 is 41.1 Å². The molecule has 0 unspecified atom stereocenters. The average Bonchev–Trinajstić information content (AvgIpc) is 3.14. The van der Waals surface area contributed by atoms with Gasteiger partial charge in [0.05, 0.1) is 22.2 Å². The third kappa shape index (κ3) is 4.62. The molecule has 28 heavy (non-hydrogen) atoms. The first-order valence-electron chi connectivity index (χ1n) is 8.18. The van der Waals surface area contributed by atoms with Crippen molar-refractivity contribution in [2.75, 3.05) is 11.9 Å². The highest BCUT2D eigenvalue weighted by molar-refractivity contribution is 6.39.